The molecular weight excluding hydrogens is 288 g/mol. The molecule has 0 amide bonds. The molecule has 4 nitrogen and oxygen atoms in total. The number of hydrogen-bond acceptors (Lipinski definition) is 4. The molecule has 0 radical (unpaired) electrons. The first-order valence-electron chi connectivity index (χ1n) is 7.53. The number of hydrogen-bond donors (Lipinski definition) is 1. The van der Waals surface area contributed by atoms with Gasteiger partial charge < -0.3 is 10.5 Å². The predicted molar refractivity (Wildman–Crippen MR) is 84.0 cm³/mol. The second kappa shape index (κ2) is 7.78. The molecule has 1 atom stereocenters. The van der Waals surface area contributed by atoms with Gasteiger partial charge in [-0.25, -0.2) is 0 Å². The summed E-state index contributed by atoms with van der Waals surface area (Å²) in [6.07, 6.45) is 3.03. The van der Waals surface area contributed by atoms with Crippen LogP contribution in [0, 0.1) is 0 Å². The lowest BCUT2D eigenvalue weighted by atomic mass is 10.0. The molecule has 5 heteroatoms. The number of carbonyl (C=O) groups is 1. The monoisotopic (exact) mass is 310 g/mol. The van der Waals surface area contributed by atoms with Crippen LogP contribution < -0.4 is 5.73 Å². The summed E-state index contributed by atoms with van der Waals surface area (Å²) in [5.74, 6) is -0.119. The van der Waals surface area contributed by atoms with Crippen molar-refractivity contribution in [2.75, 3.05) is 13.2 Å². The summed E-state index contributed by atoms with van der Waals surface area (Å²) in [5, 5.41) is 0.714. The van der Waals surface area contributed by atoms with Crippen LogP contribution in [-0.4, -0.2) is 30.1 Å². The number of halogens is 1. The summed E-state index contributed by atoms with van der Waals surface area (Å²) < 4.78 is 5.19. The number of piperidine rings is 1. The number of nitrogens with two attached hydrogens (primary N) is 1. The lowest BCUT2D eigenvalue weighted by Gasteiger charge is -2.34. The summed E-state index contributed by atoms with van der Waals surface area (Å²) in [6, 6.07) is 5.75. The van der Waals surface area contributed by atoms with Gasteiger partial charge in [0.15, 0.2) is 0 Å². The van der Waals surface area contributed by atoms with Crippen LogP contribution in [0.15, 0.2) is 18.2 Å². The molecule has 1 heterocycles. The van der Waals surface area contributed by atoms with Crippen molar-refractivity contribution in [1.29, 1.82) is 0 Å². The van der Waals surface area contributed by atoms with Crippen LogP contribution in [-0.2, 0) is 22.6 Å². The largest absolute Gasteiger partial charge is 0.465 e. The highest BCUT2D eigenvalue weighted by atomic mass is 35.5. The van der Waals surface area contributed by atoms with Crippen LogP contribution in [0.5, 0.6) is 0 Å². The topological polar surface area (TPSA) is 55.6 Å². The highest BCUT2D eigenvalue weighted by Gasteiger charge is 2.30. The molecule has 0 bridgehead atoms. The maximum atomic E-state index is 12.1. The van der Waals surface area contributed by atoms with Crippen LogP contribution in [0.4, 0.5) is 0 Å². The smallest absolute Gasteiger partial charge is 0.323 e. The molecule has 0 aliphatic carbocycles. The summed E-state index contributed by atoms with van der Waals surface area (Å²) in [4.78, 5) is 14.2. The molecule has 1 saturated heterocycles. The van der Waals surface area contributed by atoms with Crippen molar-refractivity contribution in [3.8, 4) is 0 Å². The average molecular weight is 311 g/mol. The van der Waals surface area contributed by atoms with Crippen LogP contribution in [0.2, 0.25) is 5.02 Å². The van der Waals surface area contributed by atoms with Crippen LogP contribution in [0.25, 0.3) is 0 Å². The van der Waals surface area contributed by atoms with E-state index in [2.05, 4.69) is 4.90 Å². The molecule has 0 spiro atoms. The van der Waals surface area contributed by atoms with Gasteiger partial charge in [0.2, 0.25) is 0 Å². The SMILES string of the molecule is CCOC(=O)C1CCCCN1Cc1ccc(CN)cc1Cl. The Labute approximate surface area is 131 Å². The fourth-order valence-electron chi connectivity index (χ4n) is 2.75. The van der Waals surface area contributed by atoms with Gasteiger partial charge in [0.25, 0.3) is 0 Å². The maximum Gasteiger partial charge on any atom is 0.323 e. The van der Waals surface area contributed by atoms with Gasteiger partial charge in [-0.15, -0.1) is 0 Å². The fourth-order valence-corrected chi connectivity index (χ4v) is 3.01. The lowest BCUT2D eigenvalue weighted by molar-refractivity contribution is -0.151. The van der Waals surface area contributed by atoms with Crippen molar-refractivity contribution in [2.45, 2.75) is 45.3 Å². The molecule has 0 aromatic heterocycles. The molecule has 116 valence electrons. The lowest BCUT2D eigenvalue weighted by Crippen LogP contribution is -2.45. The second-order valence-electron chi connectivity index (χ2n) is 5.36. The Kier molecular flexibility index (Phi) is 6.03. The van der Waals surface area contributed by atoms with E-state index < -0.39 is 0 Å². The van der Waals surface area contributed by atoms with Gasteiger partial charge in [-0.1, -0.05) is 30.2 Å². The predicted octanol–water partition coefficient (Wildman–Crippen LogP) is 2.72. The van der Waals surface area contributed by atoms with Crippen LogP contribution in [0.3, 0.4) is 0 Å². The molecule has 0 saturated carbocycles. The molecule has 1 unspecified atom stereocenters. The van der Waals surface area contributed by atoms with E-state index >= 15 is 0 Å². The number of rotatable bonds is 5. The highest BCUT2D eigenvalue weighted by Crippen LogP contribution is 2.25. The molecule has 1 aromatic rings. The number of esters is 1. The van der Waals surface area contributed by atoms with Crippen molar-refractivity contribution in [2.24, 2.45) is 5.73 Å². The number of ether oxygens (including phenoxy) is 1. The molecule has 1 aromatic carbocycles. The molecule has 2 N–H and O–H groups in total. The summed E-state index contributed by atoms with van der Waals surface area (Å²) in [7, 11) is 0. The standard InChI is InChI=1S/C16H23ClN2O2/c1-2-21-16(20)15-5-3-4-8-19(15)11-13-7-6-12(10-18)9-14(13)17/h6-7,9,15H,2-5,8,10-11,18H2,1H3. The Morgan fingerprint density at radius 3 is 2.95 bits per heavy atom. The van der Waals surface area contributed by atoms with Crippen molar-refractivity contribution in [1.82, 2.24) is 4.90 Å². The Hall–Kier alpha value is -1.10. The minimum atomic E-state index is -0.149. The van der Waals surface area contributed by atoms with Gasteiger partial charge >= 0.3 is 5.97 Å². The molecule has 1 aliphatic rings. The first-order valence-corrected chi connectivity index (χ1v) is 7.91. The average Bonchev–Trinajstić information content (AvgIpc) is 2.50. The zero-order chi connectivity index (χ0) is 15.2. The third-order valence-corrected chi connectivity index (χ3v) is 4.25. The van der Waals surface area contributed by atoms with Gasteiger partial charge in [0.1, 0.15) is 6.04 Å². The Balaban J connectivity index is 2.10. The fraction of sp³-hybridized carbons (Fsp3) is 0.562. The van der Waals surface area contributed by atoms with E-state index in [1.54, 1.807) is 0 Å². The minimum Gasteiger partial charge on any atom is -0.465 e. The van der Waals surface area contributed by atoms with E-state index in [-0.39, 0.29) is 12.0 Å². The molecule has 21 heavy (non-hydrogen) atoms. The number of likely N-dealkylation sites (tertiary alicyclic amines) is 1. The third kappa shape index (κ3) is 4.19. The molecule has 1 fully saturated rings. The Morgan fingerprint density at radius 2 is 2.29 bits per heavy atom. The maximum absolute atomic E-state index is 12.1. The number of nitrogens with zero attached hydrogens (tertiary/aromatic N) is 1. The van der Waals surface area contributed by atoms with E-state index in [4.69, 9.17) is 22.1 Å². The third-order valence-electron chi connectivity index (χ3n) is 3.90. The quantitative estimate of drug-likeness (QED) is 0.850. The molecule has 1 aliphatic heterocycles. The highest BCUT2D eigenvalue weighted by molar-refractivity contribution is 6.31. The first-order chi connectivity index (χ1) is 10.2. The minimum absolute atomic E-state index is 0.119. The first kappa shape index (κ1) is 16.3. The Bertz CT molecular complexity index is 493. The van der Waals surface area contributed by atoms with E-state index in [1.807, 2.05) is 25.1 Å². The zero-order valence-electron chi connectivity index (χ0n) is 12.5. The normalized spacial score (nSPS) is 19.5. The van der Waals surface area contributed by atoms with Crippen LogP contribution >= 0.6 is 11.6 Å². The van der Waals surface area contributed by atoms with Crippen molar-refractivity contribution in [3.63, 3.8) is 0 Å². The van der Waals surface area contributed by atoms with Gasteiger partial charge in [-0.05, 0) is 43.5 Å². The number of carbonyl (C=O) groups excluding carboxylic acids is 1. The number of benzene rings is 1. The van der Waals surface area contributed by atoms with Gasteiger partial charge in [-0.2, -0.15) is 0 Å². The second-order valence-corrected chi connectivity index (χ2v) is 5.77. The summed E-state index contributed by atoms with van der Waals surface area (Å²) in [5.41, 5.74) is 7.67. The Morgan fingerprint density at radius 1 is 1.48 bits per heavy atom. The zero-order valence-corrected chi connectivity index (χ0v) is 13.2. The molecular formula is C16H23ClN2O2. The van der Waals surface area contributed by atoms with E-state index in [9.17, 15) is 4.79 Å². The van der Waals surface area contributed by atoms with Crippen LogP contribution in [0.1, 0.15) is 37.3 Å². The van der Waals surface area contributed by atoms with Crippen molar-refractivity contribution < 1.29 is 9.53 Å². The van der Waals surface area contributed by atoms with E-state index in [0.717, 1.165) is 36.9 Å². The van der Waals surface area contributed by atoms with Gasteiger partial charge in [0.05, 0.1) is 6.61 Å². The molecule has 2 rings (SSSR count). The van der Waals surface area contributed by atoms with Crippen molar-refractivity contribution in [3.05, 3.63) is 34.3 Å². The van der Waals surface area contributed by atoms with Crippen molar-refractivity contribution >= 4 is 17.6 Å². The summed E-state index contributed by atoms with van der Waals surface area (Å²) in [6.45, 7) is 4.32. The van der Waals surface area contributed by atoms with Gasteiger partial charge in [0, 0.05) is 18.1 Å². The van der Waals surface area contributed by atoms with Gasteiger partial charge in [-0.3, -0.25) is 9.69 Å². The van der Waals surface area contributed by atoms with E-state index in [1.165, 1.54) is 0 Å². The van der Waals surface area contributed by atoms with E-state index in [0.29, 0.717) is 24.7 Å². The summed E-state index contributed by atoms with van der Waals surface area (Å²) >= 11 is 6.32.